The van der Waals surface area contributed by atoms with Crippen molar-refractivity contribution < 1.29 is 4.79 Å². The zero-order valence-electron chi connectivity index (χ0n) is 10.9. The lowest BCUT2D eigenvalue weighted by Crippen LogP contribution is -2.41. The van der Waals surface area contributed by atoms with E-state index in [2.05, 4.69) is 35.1 Å². The van der Waals surface area contributed by atoms with Crippen molar-refractivity contribution in [1.82, 2.24) is 10.6 Å². The van der Waals surface area contributed by atoms with E-state index in [1.165, 1.54) is 4.88 Å². The fourth-order valence-corrected chi connectivity index (χ4v) is 3.24. The Kier molecular flexibility index (Phi) is 5.20. The van der Waals surface area contributed by atoms with Crippen LogP contribution in [0.4, 0.5) is 0 Å². The van der Waals surface area contributed by atoms with Gasteiger partial charge in [0.15, 0.2) is 0 Å². The molecule has 1 aliphatic heterocycles. The van der Waals surface area contributed by atoms with Crippen LogP contribution in [0.5, 0.6) is 0 Å². The molecule has 2 heterocycles. The van der Waals surface area contributed by atoms with E-state index in [0.717, 1.165) is 38.8 Å². The molecule has 2 atom stereocenters. The van der Waals surface area contributed by atoms with Gasteiger partial charge in [-0.3, -0.25) is 4.79 Å². The summed E-state index contributed by atoms with van der Waals surface area (Å²) in [5.41, 5.74) is 0. The summed E-state index contributed by atoms with van der Waals surface area (Å²) < 4.78 is 0. The molecule has 100 valence electrons. The first kappa shape index (κ1) is 13.6. The molecule has 0 aliphatic carbocycles. The zero-order chi connectivity index (χ0) is 12.8. The molecule has 2 rings (SSSR count). The Balaban J connectivity index is 1.93. The third kappa shape index (κ3) is 3.56. The molecule has 2 unspecified atom stereocenters. The van der Waals surface area contributed by atoms with Crippen molar-refractivity contribution in [3.63, 3.8) is 0 Å². The van der Waals surface area contributed by atoms with Gasteiger partial charge in [0.05, 0.1) is 12.0 Å². The summed E-state index contributed by atoms with van der Waals surface area (Å²) in [7, 11) is 0. The van der Waals surface area contributed by atoms with E-state index in [9.17, 15) is 4.79 Å². The summed E-state index contributed by atoms with van der Waals surface area (Å²) in [5.74, 6) is 0.368. The van der Waals surface area contributed by atoms with Gasteiger partial charge in [-0.1, -0.05) is 19.4 Å². The molecule has 1 aromatic rings. The third-order valence-corrected chi connectivity index (χ3v) is 4.43. The largest absolute Gasteiger partial charge is 0.348 e. The highest BCUT2D eigenvalue weighted by Crippen LogP contribution is 2.24. The summed E-state index contributed by atoms with van der Waals surface area (Å²) in [5, 5.41) is 8.59. The second kappa shape index (κ2) is 6.90. The molecule has 1 aromatic heterocycles. The van der Waals surface area contributed by atoms with Crippen molar-refractivity contribution in [1.29, 1.82) is 0 Å². The minimum absolute atomic E-state index is 0.151. The average molecular weight is 266 g/mol. The van der Waals surface area contributed by atoms with E-state index in [1.54, 1.807) is 11.3 Å². The summed E-state index contributed by atoms with van der Waals surface area (Å²) in [6.07, 6.45) is 4.23. The van der Waals surface area contributed by atoms with Crippen LogP contribution in [-0.2, 0) is 4.79 Å². The van der Waals surface area contributed by atoms with Crippen LogP contribution in [0.3, 0.4) is 0 Å². The number of carbonyl (C=O) groups is 1. The molecular formula is C14H22N2OS. The van der Waals surface area contributed by atoms with Crippen LogP contribution in [0.2, 0.25) is 0 Å². The maximum atomic E-state index is 12.2. The molecule has 1 fully saturated rings. The van der Waals surface area contributed by atoms with Gasteiger partial charge in [0, 0.05) is 11.4 Å². The lowest BCUT2D eigenvalue weighted by Gasteiger charge is -2.25. The molecule has 0 saturated carbocycles. The number of hydrogen-bond acceptors (Lipinski definition) is 3. The molecule has 4 heteroatoms. The predicted molar refractivity (Wildman–Crippen MR) is 75.7 cm³/mol. The Morgan fingerprint density at radius 1 is 1.67 bits per heavy atom. The van der Waals surface area contributed by atoms with E-state index in [0.29, 0.717) is 0 Å². The summed E-state index contributed by atoms with van der Waals surface area (Å²) in [6, 6.07) is 4.37. The smallest absolute Gasteiger partial charge is 0.224 e. The minimum Gasteiger partial charge on any atom is -0.348 e. The second-order valence-corrected chi connectivity index (χ2v) is 5.89. The monoisotopic (exact) mass is 266 g/mol. The molecule has 18 heavy (non-hydrogen) atoms. The van der Waals surface area contributed by atoms with Crippen molar-refractivity contribution in [3.8, 4) is 0 Å². The first-order chi connectivity index (χ1) is 8.81. The SMILES string of the molecule is CCCC(NC(=O)C1CCCNC1)c1cccs1. The van der Waals surface area contributed by atoms with E-state index in [1.807, 2.05) is 0 Å². The standard InChI is InChI=1S/C14H22N2OS/c1-2-5-12(13-7-4-9-18-13)16-14(17)11-6-3-8-15-10-11/h4,7,9,11-12,15H,2-3,5-6,8,10H2,1H3,(H,16,17). The van der Waals surface area contributed by atoms with Gasteiger partial charge in [0.2, 0.25) is 5.91 Å². The van der Waals surface area contributed by atoms with E-state index < -0.39 is 0 Å². The second-order valence-electron chi connectivity index (χ2n) is 4.91. The Morgan fingerprint density at radius 2 is 2.56 bits per heavy atom. The molecule has 3 nitrogen and oxygen atoms in total. The van der Waals surface area contributed by atoms with E-state index in [-0.39, 0.29) is 17.9 Å². The number of nitrogens with one attached hydrogen (secondary N) is 2. The van der Waals surface area contributed by atoms with Crippen LogP contribution in [-0.4, -0.2) is 19.0 Å². The quantitative estimate of drug-likeness (QED) is 0.860. The van der Waals surface area contributed by atoms with Crippen molar-refractivity contribution in [2.75, 3.05) is 13.1 Å². The number of amides is 1. The Bertz CT molecular complexity index is 358. The van der Waals surface area contributed by atoms with Crippen LogP contribution in [0.15, 0.2) is 17.5 Å². The van der Waals surface area contributed by atoms with Gasteiger partial charge in [-0.05, 0) is 37.3 Å². The maximum Gasteiger partial charge on any atom is 0.224 e. The van der Waals surface area contributed by atoms with Crippen molar-refractivity contribution in [2.45, 2.75) is 38.6 Å². The zero-order valence-corrected chi connectivity index (χ0v) is 11.8. The molecule has 0 aromatic carbocycles. The Morgan fingerprint density at radius 3 is 3.17 bits per heavy atom. The Labute approximate surface area is 113 Å². The number of thiophene rings is 1. The van der Waals surface area contributed by atoms with Crippen LogP contribution < -0.4 is 10.6 Å². The van der Waals surface area contributed by atoms with Crippen molar-refractivity contribution >= 4 is 17.2 Å². The van der Waals surface area contributed by atoms with Crippen LogP contribution in [0.1, 0.15) is 43.5 Å². The maximum absolute atomic E-state index is 12.2. The fourth-order valence-electron chi connectivity index (χ4n) is 2.43. The van der Waals surface area contributed by atoms with Gasteiger partial charge < -0.3 is 10.6 Å². The molecule has 0 bridgehead atoms. The highest BCUT2D eigenvalue weighted by molar-refractivity contribution is 7.10. The number of piperidine rings is 1. The molecule has 1 amide bonds. The highest BCUT2D eigenvalue weighted by Gasteiger charge is 2.23. The van der Waals surface area contributed by atoms with Gasteiger partial charge in [-0.25, -0.2) is 0 Å². The predicted octanol–water partition coefficient (Wildman–Crippen LogP) is 2.71. The minimum atomic E-state index is 0.151. The normalized spacial score (nSPS) is 21.5. The van der Waals surface area contributed by atoms with Gasteiger partial charge in [0.1, 0.15) is 0 Å². The van der Waals surface area contributed by atoms with Crippen molar-refractivity contribution in [3.05, 3.63) is 22.4 Å². The lowest BCUT2D eigenvalue weighted by molar-refractivity contribution is -0.126. The summed E-state index contributed by atoms with van der Waals surface area (Å²) in [4.78, 5) is 13.5. The lowest BCUT2D eigenvalue weighted by atomic mass is 9.98. The fraction of sp³-hybridized carbons (Fsp3) is 0.643. The summed E-state index contributed by atoms with van der Waals surface area (Å²) in [6.45, 7) is 4.04. The highest BCUT2D eigenvalue weighted by atomic mass is 32.1. The summed E-state index contributed by atoms with van der Waals surface area (Å²) >= 11 is 1.73. The molecule has 0 radical (unpaired) electrons. The number of rotatable bonds is 5. The van der Waals surface area contributed by atoms with Gasteiger partial charge in [-0.15, -0.1) is 11.3 Å². The van der Waals surface area contributed by atoms with Crippen LogP contribution in [0.25, 0.3) is 0 Å². The first-order valence-corrected chi connectivity index (χ1v) is 7.73. The molecule has 1 saturated heterocycles. The Hall–Kier alpha value is -0.870. The molecular weight excluding hydrogens is 244 g/mol. The topological polar surface area (TPSA) is 41.1 Å². The van der Waals surface area contributed by atoms with Crippen LogP contribution >= 0.6 is 11.3 Å². The number of carbonyl (C=O) groups excluding carboxylic acids is 1. The number of hydrogen-bond donors (Lipinski definition) is 2. The molecule has 0 spiro atoms. The van der Waals surface area contributed by atoms with Gasteiger partial charge in [-0.2, -0.15) is 0 Å². The third-order valence-electron chi connectivity index (χ3n) is 3.45. The molecule has 2 N–H and O–H groups in total. The van der Waals surface area contributed by atoms with Gasteiger partial charge in [0.25, 0.3) is 0 Å². The van der Waals surface area contributed by atoms with Crippen molar-refractivity contribution in [2.24, 2.45) is 5.92 Å². The molecule has 1 aliphatic rings. The average Bonchev–Trinajstić information content (AvgIpc) is 2.93. The van der Waals surface area contributed by atoms with Crippen LogP contribution in [0, 0.1) is 5.92 Å². The van der Waals surface area contributed by atoms with E-state index in [4.69, 9.17) is 0 Å². The first-order valence-electron chi connectivity index (χ1n) is 6.85. The van der Waals surface area contributed by atoms with Gasteiger partial charge >= 0.3 is 0 Å². The van der Waals surface area contributed by atoms with E-state index >= 15 is 0 Å².